The number of benzene rings is 1. The van der Waals surface area contributed by atoms with E-state index in [0.717, 1.165) is 57.2 Å². The number of carbonyl (C=O) groups excluding carboxylic acids is 1. The second-order valence-corrected chi connectivity index (χ2v) is 8.31. The lowest BCUT2D eigenvalue weighted by Gasteiger charge is -2.33. The maximum Gasteiger partial charge on any atom is 0.410 e. The second-order valence-electron chi connectivity index (χ2n) is 8.31. The molecular formula is C22H37IN4O3. The molecule has 0 unspecified atom stereocenters. The summed E-state index contributed by atoms with van der Waals surface area (Å²) in [7, 11) is 1.78. The Morgan fingerprint density at radius 3 is 2.43 bits per heavy atom. The highest BCUT2D eigenvalue weighted by Crippen LogP contribution is 2.19. The highest BCUT2D eigenvalue weighted by atomic mass is 127. The fourth-order valence-electron chi connectivity index (χ4n) is 3.09. The van der Waals surface area contributed by atoms with E-state index in [4.69, 9.17) is 9.47 Å². The van der Waals surface area contributed by atoms with Crippen LogP contribution >= 0.6 is 24.0 Å². The molecule has 0 radical (unpaired) electrons. The molecule has 30 heavy (non-hydrogen) atoms. The number of aliphatic imine (C=N–C) groups is 1. The van der Waals surface area contributed by atoms with Crippen LogP contribution < -0.4 is 15.4 Å². The smallest absolute Gasteiger partial charge is 0.410 e. The summed E-state index contributed by atoms with van der Waals surface area (Å²) in [4.78, 5) is 18.2. The molecule has 0 saturated carbocycles. The predicted octanol–water partition coefficient (Wildman–Crippen LogP) is 3.89. The molecule has 0 atom stereocenters. The molecule has 1 aliphatic rings. The van der Waals surface area contributed by atoms with E-state index in [1.807, 2.05) is 56.0 Å². The summed E-state index contributed by atoms with van der Waals surface area (Å²) in [6, 6.07) is 9.84. The van der Waals surface area contributed by atoms with Crippen molar-refractivity contribution in [1.82, 2.24) is 15.5 Å². The normalized spacial score (nSPS) is 15.2. The number of hydrogen-bond donors (Lipinski definition) is 2. The third-order valence-corrected chi connectivity index (χ3v) is 4.67. The van der Waals surface area contributed by atoms with Crippen LogP contribution in [0.2, 0.25) is 0 Å². The summed E-state index contributed by atoms with van der Waals surface area (Å²) in [6.07, 6.45) is 2.62. The number of nitrogens with one attached hydrogen (secondary N) is 2. The Morgan fingerprint density at radius 1 is 1.17 bits per heavy atom. The maximum atomic E-state index is 12.1. The summed E-state index contributed by atoms with van der Waals surface area (Å²) < 4.78 is 11.1. The van der Waals surface area contributed by atoms with Crippen LogP contribution in [0.25, 0.3) is 0 Å². The second kappa shape index (κ2) is 13.6. The van der Waals surface area contributed by atoms with Crippen LogP contribution in [0, 0.1) is 5.92 Å². The van der Waals surface area contributed by atoms with E-state index in [0.29, 0.717) is 12.5 Å². The van der Waals surface area contributed by atoms with E-state index in [2.05, 4.69) is 15.6 Å². The first-order valence-electron chi connectivity index (χ1n) is 10.5. The molecule has 1 fully saturated rings. The molecule has 1 aliphatic heterocycles. The molecule has 0 bridgehead atoms. The van der Waals surface area contributed by atoms with Crippen molar-refractivity contribution in [2.75, 3.05) is 39.8 Å². The van der Waals surface area contributed by atoms with Gasteiger partial charge in [0.2, 0.25) is 0 Å². The van der Waals surface area contributed by atoms with E-state index in [-0.39, 0.29) is 30.1 Å². The molecule has 1 amide bonds. The Bertz CT molecular complexity index is 642. The topological polar surface area (TPSA) is 75.2 Å². The number of guanidine groups is 1. The third kappa shape index (κ3) is 10.4. The number of hydrogen-bond acceptors (Lipinski definition) is 4. The van der Waals surface area contributed by atoms with E-state index in [1.54, 1.807) is 7.05 Å². The van der Waals surface area contributed by atoms with Crippen molar-refractivity contribution >= 4 is 36.0 Å². The summed E-state index contributed by atoms with van der Waals surface area (Å²) >= 11 is 0. The largest absolute Gasteiger partial charge is 0.494 e. The molecular weight excluding hydrogens is 495 g/mol. The average Bonchev–Trinajstić information content (AvgIpc) is 2.70. The zero-order valence-corrected chi connectivity index (χ0v) is 21.0. The first kappa shape index (κ1) is 26.3. The number of carbonyl (C=O) groups is 1. The highest BCUT2D eigenvalue weighted by Gasteiger charge is 2.26. The van der Waals surface area contributed by atoms with Gasteiger partial charge in [-0.2, -0.15) is 0 Å². The van der Waals surface area contributed by atoms with Crippen LogP contribution in [-0.2, 0) is 4.74 Å². The molecule has 0 spiro atoms. The van der Waals surface area contributed by atoms with Gasteiger partial charge in [-0.15, -0.1) is 24.0 Å². The minimum Gasteiger partial charge on any atom is -0.494 e. The molecule has 1 saturated heterocycles. The minimum absolute atomic E-state index is 0. The van der Waals surface area contributed by atoms with Crippen LogP contribution in [0.3, 0.4) is 0 Å². The van der Waals surface area contributed by atoms with Gasteiger partial charge in [0.25, 0.3) is 0 Å². The lowest BCUT2D eigenvalue weighted by Crippen LogP contribution is -2.45. The Labute approximate surface area is 198 Å². The van der Waals surface area contributed by atoms with E-state index in [9.17, 15) is 4.79 Å². The fraction of sp³-hybridized carbons (Fsp3) is 0.636. The van der Waals surface area contributed by atoms with Crippen molar-refractivity contribution < 1.29 is 14.3 Å². The number of rotatable bonds is 7. The Kier molecular flexibility index (Phi) is 11.9. The number of halogens is 1. The predicted molar refractivity (Wildman–Crippen MR) is 132 cm³/mol. The molecule has 170 valence electrons. The van der Waals surface area contributed by atoms with Gasteiger partial charge < -0.3 is 25.0 Å². The Morgan fingerprint density at radius 2 is 1.83 bits per heavy atom. The molecule has 1 aromatic carbocycles. The van der Waals surface area contributed by atoms with Gasteiger partial charge in [0.15, 0.2) is 5.96 Å². The number of para-hydroxylation sites is 1. The van der Waals surface area contributed by atoms with Crippen molar-refractivity contribution in [2.24, 2.45) is 10.9 Å². The lowest BCUT2D eigenvalue weighted by molar-refractivity contribution is 0.0185. The van der Waals surface area contributed by atoms with Crippen molar-refractivity contribution in [1.29, 1.82) is 0 Å². The van der Waals surface area contributed by atoms with Gasteiger partial charge in [-0.25, -0.2) is 4.79 Å². The van der Waals surface area contributed by atoms with Gasteiger partial charge in [0, 0.05) is 33.2 Å². The number of nitrogens with zero attached hydrogens (tertiary/aromatic N) is 2. The minimum atomic E-state index is -0.445. The molecule has 0 aliphatic carbocycles. The van der Waals surface area contributed by atoms with Crippen LogP contribution in [0.5, 0.6) is 5.75 Å². The van der Waals surface area contributed by atoms with Crippen LogP contribution in [0.1, 0.15) is 40.0 Å². The number of amides is 1. The molecule has 1 aromatic rings. The van der Waals surface area contributed by atoms with Crippen molar-refractivity contribution in [3.8, 4) is 5.75 Å². The zero-order chi connectivity index (χ0) is 21.1. The molecule has 0 aromatic heterocycles. The molecule has 8 heteroatoms. The van der Waals surface area contributed by atoms with Gasteiger partial charge in [0.05, 0.1) is 6.61 Å². The summed E-state index contributed by atoms with van der Waals surface area (Å²) in [5.41, 5.74) is -0.445. The standard InChI is InChI=1S/C22H36N4O3.HI/c1-22(2,3)29-21(27)26-14-11-18(12-15-26)17-25-20(23-4)24-13-8-16-28-19-9-6-5-7-10-19;/h5-7,9-10,18H,8,11-17H2,1-4H3,(H2,23,24,25);1H. The zero-order valence-electron chi connectivity index (χ0n) is 18.6. The van der Waals surface area contributed by atoms with Gasteiger partial charge in [-0.3, -0.25) is 4.99 Å². The average molecular weight is 532 g/mol. The summed E-state index contributed by atoms with van der Waals surface area (Å²) in [5.74, 6) is 2.22. The number of likely N-dealkylation sites (tertiary alicyclic amines) is 1. The first-order valence-corrected chi connectivity index (χ1v) is 10.5. The summed E-state index contributed by atoms with van der Waals surface area (Å²) in [6.45, 7) is 9.48. The molecule has 2 N–H and O–H groups in total. The lowest BCUT2D eigenvalue weighted by atomic mass is 9.97. The third-order valence-electron chi connectivity index (χ3n) is 4.67. The monoisotopic (exact) mass is 532 g/mol. The fourth-order valence-corrected chi connectivity index (χ4v) is 3.09. The van der Waals surface area contributed by atoms with Gasteiger partial charge >= 0.3 is 6.09 Å². The molecule has 1 heterocycles. The Hall–Kier alpha value is -1.71. The van der Waals surface area contributed by atoms with Gasteiger partial charge in [-0.05, 0) is 58.1 Å². The van der Waals surface area contributed by atoms with Crippen LogP contribution in [-0.4, -0.2) is 62.4 Å². The van der Waals surface area contributed by atoms with E-state index < -0.39 is 5.60 Å². The molecule has 7 nitrogen and oxygen atoms in total. The highest BCUT2D eigenvalue weighted by molar-refractivity contribution is 14.0. The van der Waals surface area contributed by atoms with E-state index in [1.165, 1.54) is 0 Å². The van der Waals surface area contributed by atoms with Crippen LogP contribution in [0.4, 0.5) is 4.79 Å². The Balaban J connectivity index is 0.00000450. The summed E-state index contributed by atoms with van der Waals surface area (Å²) in [5, 5.41) is 6.72. The number of ether oxygens (including phenoxy) is 2. The maximum absolute atomic E-state index is 12.1. The van der Waals surface area contributed by atoms with Crippen molar-refractivity contribution in [2.45, 2.75) is 45.6 Å². The van der Waals surface area contributed by atoms with Crippen molar-refractivity contribution in [3.63, 3.8) is 0 Å². The van der Waals surface area contributed by atoms with Crippen molar-refractivity contribution in [3.05, 3.63) is 30.3 Å². The van der Waals surface area contributed by atoms with E-state index >= 15 is 0 Å². The SMILES string of the molecule is CN=C(NCCCOc1ccccc1)NCC1CCN(C(=O)OC(C)(C)C)CC1.I. The first-order chi connectivity index (χ1) is 13.9. The van der Waals surface area contributed by atoms with Crippen LogP contribution in [0.15, 0.2) is 35.3 Å². The van der Waals surface area contributed by atoms with Gasteiger partial charge in [-0.1, -0.05) is 18.2 Å². The number of piperidine rings is 1. The quantitative estimate of drug-likeness (QED) is 0.241. The van der Waals surface area contributed by atoms with Gasteiger partial charge in [0.1, 0.15) is 11.4 Å². The molecule has 2 rings (SSSR count).